The number of hydrogen-bond acceptors (Lipinski definition) is 3. The Morgan fingerprint density at radius 2 is 1.74 bits per heavy atom. The molecular formula is C19H23NO3. The van der Waals surface area contributed by atoms with Gasteiger partial charge in [-0.15, -0.1) is 0 Å². The molecule has 0 saturated heterocycles. The molecule has 0 saturated carbocycles. The highest BCUT2D eigenvalue weighted by molar-refractivity contribution is 5.64. The molecule has 0 bridgehead atoms. The van der Waals surface area contributed by atoms with Gasteiger partial charge in [-0.3, -0.25) is 0 Å². The van der Waals surface area contributed by atoms with Crippen LogP contribution in [0.2, 0.25) is 0 Å². The Kier molecular flexibility index (Phi) is 7.14. The summed E-state index contributed by atoms with van der Waals surface area (Å²) >= 11 is 0. The molecule has 0 aliphatic heterocycles. The highest BCUT2D eigenvalue weighted by Crippen LogP contribution is 2.21. The van der Waals surface area contributed by atoms with E-state index in [1.54, 1.807) is 0 Å². The van der Waals surface area contributed by atoms with E-state index in [0.717, 1.165) is 37.4 Å². The van der Waals surface area contributed by atoms with Crippen LogP contribution < -0.4 is 15.2 Å². The number of hydrogen-bond donors (Lipinski definition) is 1. The lowest BCUT2D eigenvalue weighted by Gasteiger charge is -2.07. The van der Waals surface area contributed by atoms with Crippen molar-refractivity contribution in [2.75, 3.05) is 6.54 Å². The lowest BCUT2D eigenvalue weighted by molar-refractivity contribution is -0.671. The molecule has 2 aromatic carbocycles. The van der Waals surface area contributed by atoms with Crippen LogP contribution in [0, 0.1) is 0 Å². The van der Waals surface area contributed by atoms with Crippen molar-refractivity contribution in [1.82, 2.24) is 0 Å². The zero-order chi connectivity index (χ0) is 16.3. The number of benzene rings is 2. The van der Waals surface area contributed by atoms with Gasteiger partial charge < -0.3 is 20.0 Å². The average Bonchev–Trinajstić information content (AvgIpc) is 2.55. The normalized spacial score (nSPS) is 10.4. The lowest BCUT2D eigenvalue weighted by Crippen LogP contribution is -2.82. The molecule has 0 fully saturated rings. The molecule has 4 heteroatoms. The second-order valence-electron chi connectivity index (χ2n) is 5.53. The van der Waals surface area contributed by atoms with Crippen LogP contribution in [-0.4, -0.2) is 12.5 Å². The summed E-state index contributed by atoms with van der Waals surface area (Å²) in [5.74, 6) is 0.724. The minimum absolute atomic E-state index is 0.166. The SMILES string of the molecule is O=C([O-])CCCCC[NH2+]Cc1cccc(Oc2ccccc2)c1. The minimum Gasteiger partial charge on any atom is -0.550 e. The van der Waals surface area contributed by atoms with Crippen LogP contribution in [-0.2, 0) is 11.3 Å². The van der Waals surface area contributed by atoms with Crippen LogP contribution in [0.1, 0.15) is 31.2 Å². The number of aliphatic carboxylic acids is 1. The van der Waals surface area contributed by atoms with Crippen LogP contribution in [0.5, 0.6) is 11.5 Å². The Balaban J connectivity index is 1.70. The molecule has 0 spiro atoms. The fourth-order valence-corrected chi connectivity index (χ4v) is 2.36. The molecule has 2 aromatic rings. The zero-order valence-electron chi connectivity index (χ0n) is 13.2. The van der Waals surface area contributed by atoms with Crippen LogP contribution >= 0.6 is 0 Å². The Labute approximate surface area is 137 Å². The summed E-state index contributed by atoms with van der Waals surface area (Å²) in [6.07, 6.45) is 2.82. The van der Waals surface area contributed by atoms with Crippen molar-refractivity contribution in [3.8, 4) is 11.5 Å². The molecule has 23 heavy (non-hydrogen) atoms. The van der Waals surface area contributed by atoms with Crippen molar-refractivity contribution >= 4 is 5.97 Å². The number of unbranched alkanes of at least 4 members (excludes halogenated alkanes) is 2. The van der Waals surface area contributed by atoms with Crippen molar-refractivity contribution in [1.29, 1.82) is 0 Å². The molecule has 4 nitrogen and oxygen atoms in total. The van der Waals surface area contributed by atoms with Gasteiger partial charge in [0.05, 0.1) is 6.54 Å². The molecule has 0 radical (unpaired) electrons. The van der Waals surface area contributed by atoms with Gasteiger partial charge in [-0.05, 0) is 49.9 Å². The summed E-state index contributed by atoms with van der Waals surface area (Å²) in [5.41, 5.74) is 1.22. The largest absolute Gasteiger partial charge is 0.550 e. The van der Waals surface area contributed by atoms with E-state index in [2.05, 4.69) is 17.4 Å². The van der Waals surface area contributed by atoms with Crippen molar-refractivity contribution in [2.45, 2.75) is 32.2 Å². The van der Waals surface area contributed by atoms with Gasteiger partial charge in [0.2, 0.25) is 0 Å². The van der Waals surface area contributed by atoms with E-state index in [1.807, 2.05) is 42.5 Å². The molecular weight excluding hydrogens is 290 g/mol. The molecule has 0 amide bonds. The Hall–Kier alpha value is -2.33. The monoisotopic (exact) mass is 313 g/mol. The number of carboxylic acids is 1. The Morgan fingerprint density at radius 3 is 2.52 bits per heavy atom. The number of nitrogens with two attached hydrogens (primary N) is 1. The third-order valence-corrected chi connectivity index (χ3v) is 3.55. The number of carbonyl (C=O) groups is 1. The van der Waals surface area contributed by atoms with Crippen molar-refractivity contribution < 1.29 is 20.0 Å². The Morgan fingerprint density at radius 1 is 0.957 bits per heavy atom. The second kappa shape index (κ2) is 9.64. The maximum absolute atomic E-state index is 10.3. The van der Waals surface area contributed by atoms with Gasteiger partial charge in [0, 0.05) is 11.5 Å². The van der Waals surface area contributed by atoms with Gasteiger partial charge in [-0.2, -0.15) is 0 Å². The third-order valence-electron chi connectivity index (χ3n) is 3.55. The van der Waals surface area contributed by atoms with Crippen molar-refractivity contribution in [2.24, 2.45) is 0 Å². The van der Waals surface area contributed by atoms with E-state index in [0.29, 0.717) is 6.42 Å². The van der Waals surface area contributed by atoms with Gasteiger partial charge >= 0.3 is 0 Å². The quantitative estimate of drug-likeness (QED) is 0.681. The summed E-state index contributed by atoms with van der Waals surface area (Å²) in [7, 11) is 0. The standard InChI is InChI=1S/C19H23NO3/c21-19(22)12-5-2-6-13-20-15-16-8-7-11-18(14-16)23-17-9-3-1-4-10-17/h1,3-4,7-11,14,20H,2,5-6,12-13,15H2,(H,21,22). The molecule has 0 heterocycles. The van der Waals surface area contributed by atoms with E-state index in [9.17, 15) is 9.90 Å². The molecule has 0 unspecified atom stereocenters. The van der Waals surface area contributed by atoms with E-state index in [1.165, 1.54) is 5.56 Å². The topological polar surface area (TPSA) is 66.0 Å². The van der Waals surface area contributed by atoms with E-state index >= 15 is 0 Å². The zero-order valence-corrected chi connectivity index (χ0v) is 13.2. The first-order chi connectivity index (χ1) is 11.2. The van der Waals surface area contributed by atoms with Gasteiger partial charge in [0.25, 0.3) is 0 Å². The third kappa shape index (κ3) is 6.98. The first-order valence-electron chi connectivity index (χ1n) is 8.07. The summed E-state index contributed by atoms with van der Waals surface area (Å²) in [6.45, 7) is 1.89. The molecule has 122 valence electrons. The fourth-order valence-electron chi connectivity index (χ4n) is 2.36. The number of carbonyl (C=O) groups excluding carboxylic acids is 1. The second-order valence-corrected chi connectivity index (χ2v) is 5.53. The van der Waals surface area contributed by atoms with Crippen molar-refractivity contribution in [3.63, 3.8) is 0 Å². The van der Waals surface area contributed by atoms with E-state index < -0.39 is 5.97 Å². The van der Waals surface area contributed by atoms with E-state index in [-0.39, 0.29) is 6.42 Å². The molecule has 0 aliphatic carbocycles. The summed E-state index contributed by atoms with van der Waals surface area (Å²) < 4.78 is 5.83. The predicted octanol–water partition coefficient (Wildman–Crippen LogP) is 1.85. The maximum Gasteiger partial charge on any atom is 0.127 e. The number of rotatable bonds is 10. The molecule has 2 rings (SSSR count). The van der Waals surface area contributed by atoms with Crippen molar-refractivity contribution in [3.05, 3.63) is 60.2 Å². The number of carboxylic acid groups (broad SMARTS) is 1. The minimum atomic E-state index is -0.954. The highest BCUT2D eigenvalue weighted by Gasteiger charge is 2.01. The average molecular weight is 313 g/mol. The fraction of sp³-hybridized carbons (Fsp3) is 0.316. The van der Waals surface area contributed by atoms with E-state index in [4.69, 9.17) is 4.74 Å². The first-order valence-corrected chi connectivity index (χ1v) is 8.07. The highest BCUT2D eigenvalue weighted by atomic mass is 16.5. The number of para-hydroxylation sites is 1. The lowest BCUT2D eigenvalue weighted by atomic mass is 10.2. The predicted molar refractivity (Wildman–Crippen MR) is 86.9 cm³/mol. The molecule has 0 atom stereocenters. The molecule has 0 aliphatic rings. The van der Waals surface area contributed by atoms with Crippen LogP contribution in [0.3, 0.4) is 0 Å². The number of quaternary nitrogens is 1. The van der Waals surface area contributed by atoms with Crippen LogP contribution in [0.15, 0.2) is 54.6 Å². The first kappa shape index (κ1) is 17.0. The summed E-state index contributed by atoms with van der Waals surface area (Å²) in [4.78, 5) is 10.3. The van der Waals surface area contributed by atoms with Crippen LogP contribution in [0.25, 0.3) is 0 Å². The Bertz CT molecular complexity index is 599. The number of ether oxygens (including phenoxy) is 1. The van der Waals surface area contributed by atoms with Gasteiger partial charge in [0.1, 0.15) is 18.0 Å². The van der Waals surface area contributed by atoms with Gasteiger partial charge in [-0.1, -0.05) is 30.3 Å². The summed E-state index contributed by atoms with van der Waals surface area (Å²) in [5, 5.41) is 12.5. The van der Waals surface area contributed by atoms with Gasteiger partial charge in [-0.25, -0.2) is 0 Å². The summed E-state index contributed by atoms with van der Waals surface area (Å²) in [6, 6.07) is 17.8. The smallest absolute Gasteiger partial charge is 0.127 e. The maximum atomic E-state index is 10.3. The van der Waals surface area contributed by atoms with Crippen LogP contribution in [0.4, 0.5) is 0 Å². The molecule has 2 N–H and O–H groups in total. The van der Waals surface area contributed by atoms with Gasteiger partial charge in [0.15, 0.2) is 0 Å². The molecule has 0 aromatic heterocycles.